The van der Waals surface area contributed by atoms with Crippen LogP contribution in [0, 0.1) is 5.92 Å². The fourth-order valence-corrected chi connectivity index (χ4v) is 4.63. The third-order valence-corrected chi connectivity index (χ3v) is 7.11. The van der Waals surface area contributed by atoms with E-state index in [-0.39, 0.29) is 24.1 Å². The van der Waals surface area contributed by atoms with Gasteiger partial charge in [-0.15, -0.1) is 0 Å². The molecule has 2 aromatic carbocycles. The van der Waals surface area contributed by atoms with Crippen LogP contribution in [0.1, 0.15) is 26.3 Å². The number of hydrogen-bond donors (Lipinski definition) is 1. The van der Waals surface area contributed by atoms with Crippen LogP contribution < -0.4 is 14.4 Å². The maximum absolute atomic E-state index is 13.6. The van der Waals surface area contributed by atoms with E-state index in [0.717, 1.165) is 10.6 Å². The highest BCUT2D eigenvalue weighted by Gasteiger charge is 2.31. The minimum Gasteiger partial charge on any atom is -0.497 e. The lowest BCUT2D eigenvalue weighted by atomic mass is 10.1. The highest BCUT2D eigenvalue weighted by Crippen LogP contribution is 2.28. The number of nitrogens with zero attached hydrogens (tertiary/aromatic N) is 2. The molecule has 0 saturated heterocycles. The van der Waals surface area contributed by atoms with Crippen LogP contribution in [0.5, 0.6) is 5.75 Å². The Labute approximate surface area is 217 Å². The zero-order valence-electron chi connectivity index (χ0n) is 20.4. The maximum Gasteiger partial charge on any atom is 0.244 e. The summed E-state index contributed by atoms with van der Waals surface area (Å²) >= 11 is 12.7. The van der Waals surface area contributed by atoms with Crippen LogP contribution in [-0.2, 0) is 26.2 Å². The molecule has 0 heterocycles. The van der Waals surface area contributed by atoms with E-state index in [1.807, 2.05) is 13.8 Å². The van der Waals surface area contributed by atoms with Crippen molar-refractivity contribution < 1.29 is 22.7 Å². The van der Waals surface area contributed by atoms with Crippen LogP contribution in [0.15, 0.2) is 42.5 Å². The number of carbonyl (C=O) groups is 2. The van der Waals surface area contributed by atoms with Crippen molar-refractivity contribution in [2.75, 3.05) is 30.8 Å². The SMILES string of the molecule is COc1cccc(N(CC(=O)N(Cc2c(Cl)cccc2Cl)C(C)C(=O)NCC(C)C)S(C)(=O)=O)c1. The number of amides is 2. The molecular formula is C24H31Cl2N3O5S. The van der Waals surface area contributed by atoms with Crippen LogP contribution in [0.2, 0.25) is 10.0 Å². The molecule has 8 nitrogen and oxygen atoms in total. The molecular weight excluding hydrogens is 513 g/mol. The lowest BCUT2D eigenvalue weighted by Crippen LogP contribution is -2.51. The second-order valence-electron chi connectivity index (χ2n) is 8.51. The van der Waals surface area contributed by atoms with Crippen molar-refractivity contribution in [3.05, 3.63) is 58.1 Å². The Morgan fingerprint density at radius 2 is 1.66 bits per heavy atom. The van der Waals surface area contributed by atoms with E-state index in [2.05, 4.69) is 5.32 Å². The van der Waals surface area contributed by atoms with Gasteiger partial charge >= 0.3 is 0 Å². The molecule has 0 spiro atoms. The van der Waals surface area contributed by atoms with Gasteiger partial charge in [-0.1, -0.05) is 49.2 Å². The molecule has 11 heteroatoms. The van der Waals surface area contributed by atoms with Gasteiger partial charge in [-0.25, -0.2) is 8.42 Å². The number of carbonyl (C=O) groups excluding carboxylic acids is 2. The summed E-state index contributed by atoms with van der Waals surface area (Å²) in [7, 11) is -2.39. The van der Waals surface area contributed by atoms with E-state index >= 15 is 0 Å². The van der Waals surface area contributed by atoms with E-state index in [0.29, 0.717) is 27.9 Å². The minimum absolute atomic E-state index is 0.0800. The Kier molecular flexibility index (Phi) is 10.2. The summed E-state index contributed by atoms with van der Waals surface area (Å²) in [5.41, 5.74) is 0.716. The van der Waals surface area contributed by atoms with E-state index in [1.54, 1.807) is 43.3 Å². The second kappa shape index (κ2) is 12.5. The number of anilines is 1. The van der Waals surface area contributed by atoms with Gasteiger partial charge in [0.1, 0.15) is 18.3 Å². The molecule has 1 atom stereocenters. The monoisotopic (exact) mass is 543 g/mol. The maximum atomic E-state index is 13.6. The van der Waals surface area contributed by atoms with Crippen molar-refractivity contribution in [3.8, 4) is 5.75 Å². The van der Waals surface area contributed by atoms with Crippen molar-refractivity contribution in [3.63, 3.8) is 0 Å². The number of nitrogens with one attached hydrogen (secondary N) is 1. The van der Waals surface area contributed by atoms with Gasteiger partial charge in [-0.2, -0.15) is 0 Å². The van der Waals surface area contributed by atoms with Gasteiger partial charge in [-0.05, 0) is 37.1 Å². The summed E-state index contributed by atoms with van der Waals surface area (Å²) in [6, 6.07) is 10.4. The number of sulfonamides is 1. The van der Waals surface area contributed by atoms with Crippen molar-refractivity contribution in [2.45, 2.75) is 33.4 Å². The summed E-state index contributed by atoms with van der Waals surface area (Å²) in [5.74, 6) is -0.323. The van der Waals surface area contributed by atoms with Crippen molar-refractivity contribution in [2.24, 2.45) is 5.92 Å². The predicted octanol–water partition coefficient (Wildman–Crippen LogP) is 3.96. The van der Waals surface area contributed by atoms with Gasteiger partial charge in [0.05, 0.1) is 19.1 Å². The molecule has 0 aliphatic rings. The molecule has 0 aliphatic heterocycles. The molecule has 0 saturated carbocycles. The molecule has 2 aromatic rings. The molecule has 35 heavy (non-hydrogen) atoms. The molecule has 0 aromatic heterocycles. The average Bonchev–Trinajstić information content (AvgIpc) is 2.79. The second-order valence-corrected chi connectivity index (χ2v) is 11.2. The number of rotatable bonds is 11. The zero-order valence-corrected chi connectivity index (χ0v) is 22.7. The largest absolute Gasteiger partial charge is 0.497 e. The molecule has 2 amide bonds. The van der Waals surface area contributed by atoms with Gasteiger partial charge in [0, 0.05) is 34.8 Å². The Bertz CT molecular complexity index is 1140. The number of ether oxygens (including phenoxy) is 1. The third kappa shape index (κ3) is 8.02. The predicted molar refractivity (Wildman–Crippen MR) is 140 cm³/mol. The number of methoxy groups -OCH3 is 1. The van der Waals surface area contributed by atoms with E-state index in [4.69, 9.17) is 27.9 Å². The minimum atomic E-state index is -3.85. The topological polar surface area (TPSA) is 96.0 Å². The van der Waals surface area contributed by atoms with Crippen LogP contribution in [0.4, 0.5) is 5.69 Å². The van der Waals surface area contributed by atoms with Gasteiger partial charge in [0.15, 0.2) is 0 Å². The summed E-state index contributed by atoms with van der Waals surface area (Å²) in [6.45, 7) is 5.30. The Morgan fingerprint density at radius 1 is 1.06 bits per heavy atom. The van der Waals surface area contributed by atoms with Crippen LogP contribution in [0.3, 0.4) is 0 Å². The van der Waals surface area contributed by atoms with E-state index < -0.39 is 28.5 Å². The van der Waals surface area contributed by atoms with Crippen molar-refractivity contribution in [1.82, 2.24) is 10.2 Å². The highest BCUT2D eigenvalue weighted by molar-refractivity contribution is 7.92. The van der Waals surface area contributed by atoms with Crippen LogP contribution in [0.25, 0.3) is 0 Å². The highest BCUT2D eigenvalue weighted by atomic mass is 35.5. The van der Waals surface area contributed by atoms with Gasteiger partial charge in [0.2, 0.25) is 21.8 Å². The number of benzene rings is 2. The normalized spacial score (nSPS) is 12.2. The standard InChI is InChI=1S/C24H31Cl2N3O5S/c1-16(2)13-27-24(31)17(3)28(14-20-21(25)10-7-11-22(20)26)23(30)15-29(35(5,32)33)18-8-6-9-19(12-18)34-4/h6-12,16-17H,13-15H2,1-5H3,(H,27,31). The lowest BCUT2D eigenvalue weighted by Gasteiger charge is -2.32. The third-order valence-electron chi connectivity index (χ3n) is 5.26. The first-order valence-electron chi connectivity index (χ1n) is 11.0. The zero-order chi connectivity index (χ0) is 26.3. The van der Waals surface area contributed by atoms with Crippen molar-refractivity contribution in [1.29, 1.82) is 0 Å². The first-order valence-corrected chi connectivity index (χ1v) is 13.6. The van der Waals surface area contributed by atoms with Crippen LogP contribution >= 0.6 is 23.2 Å². The summed E-state index contributed by atoms with van der Waals surface area (Å²) < 4.78 is 31.4. The Balaban J connectivity index is 2.44. The van der Waals surface area contributed by atoms with Gasteiger partial charge < -0.3 is 15.0 Å². The van der Waals surface area contributed by atoms with E-state index in [9.17, 15) is 18.0 Å². The Hall–Kier alpha value is -2.49. The molecule has 0 fully saturated rings. The molecule has 1 N–H and O–H groups in total. The smallest absolute Gasteiger partial charge is 0.244 e. The molecule has 2 rings (SSSR count). The lowest BCUT2D eigenvalue weighted by molar-refractivity contribution is -0.139. The quantitative estimate of drug-likeness (QED) is 0.462. The fraction of sp³-hybridized carbons (Fsp3) is 0.417. The molecule has 192 valence electrons. The van der Waals surface area contributed by atoms with Gasteiger partial charge in [-0.3, -0.25) is 13.9 Å². The summed E-state index contributed by atoms with van der Waals surface area (Å²) in [5, 5.41) is 3.48. The van der Waals surface area contributed by atoms with Gasteiger partial charge in [0.25, 0.3) is 0 Å². The van der Waals surface area contributed by atoms with Crippen LogP contribution in [-0.4, -0.2) is 57.6 Å². The number of halogens is 2. The molecule has 0 radical (unpaired) electrons. The average molecular weight is 545 g/mol. The van der Waals surface area contributed by atoms with Crippen molar-refractivity contribution >= 4 is 50.7 Å². The first kappa shape index (κ1) is 28.7. The molecule has 0 bridgehead atoms. The summed E-state index contributed by atoms with van der Waals surface area (Å²) in [6.07, 6.45) is 1.01. The number of hydrogen-bond acceptors (Lipinski definition) is 5. The first-order chi connectivity index (χ1) is 16.3. The molecule has 0 aliphatic carbocycles. The fourth-order valence-electron chi connectivity index (χ4n) is 3.27. The molecule has 1 unspecified atom stereocenters. The Morgan fingerprint density at radius 3 is 2.20 bits per heavy atom. The summed E-state index contributed by atoms with van der Waals surface area (Å²) in [4.78, 5) is 27.7. The van der Waals surface area contributed by atoms with E-state index in [1.165, 1.54) is 18.1 Å².